The van der Waals surface area contributed by atoms with E-state index in [9.17, 15) is 0 Å². The number of aromatic nitrogens is 5. The maximum absolute atomic E-state index is 5.68. The molecular weight excluding hydrogens is 432 g/mol. The number of rotatable bonds is 7. The molecular formula is C25H32N6OS. The van der Waals surface area contributed by atoms with Gasteiger partial charge >= 0.3 is 0 Å². The standard InChI is InChI=1S/C25H32N6OS/c1-8-18-13-30(15-26-18)20-10-9-17(11-21(20)32-7)19-14-33-24(27-19)28-23-12-22(25(4,5)6)29-31(23)16(2)3/h9-16H,8H2,1-7H3,(H,27,28). The molecule has 0 aliphatic heterocycles. The van der Waals surface area contributed by atoms with Gasteiger partial charge in [-0.1, -0.05) is 33.8 Å². The third-order valence-corrected chi connectivity index (χ3v) is 6.24. The lowest BCUT2D eigenvalue weighted by Gasteiger charge is -2.14. The van der Waals surface area contributed by atoms with Gasteiger partial charge in [-0.15, -0.1) is 11.3 Å². The maximum atomic E-state index is 5.68. The monoisotopic (exact) mass is 464 g/mol. The van der Waals surface area contributed by atoms with Crippen molar-refractivity contribution >= 4 is 22.3 Å². The predicted molar refractivity (Wildman–Crippen MR) is 135 cm³/mol. The van der Waals surface area contributed by atoms with Crippen LogP contribution in [0, 0.1) is 0 Å². The van der Waals surface area contributed by atoms with Crippen LogP contribution in [0.25, 0.3) is 16.9 Å². The Morgan fingerprint density at radius 1 is 1.18 bits per heavy atom. The summed E-state index contributed by atoms with van der Waals surface area (Å²) in [5.74, 6) is 1.73. The number of methoxy groups -OCH3 is 1. The number of hydrogen-bond donors (Lipinski definition) is 1. The number of hydrogen-bond acceptors (Lipinski definition) is 6. The summed E-state index contributed by atoms with van der Waals surface area (Å²) in [6, 6.07) is 8.50. The van der Waals surface area contributed by atoms with E-state index in [0.29, 0.717) is 0 Å². The maximum Gasteiger partial charge on any atom is 0.188 e. The van der Waals surface area contributed by atoms with Crippen LogP contribution < -0.4 is 10.1 Å². The molecule has 3 aromatic heterocycles. The molecule has 174 valence electrons. The molecule has 0 aliphatic rings. The second-order valence-corrected chi connectivity index (χ2v) is 10.2. The second kappa shape index (κ2) is 9.02. The number of nitrogens with zero attached hydrogens (tertiary/aromatic N) is 5. The van der Waals surface area contributed by atoms with Crippen molar-refractivity contribution in [2.75, 3.05) is 12.4 Å². The highest BCUT2D eigenvalue weighted by Gasteiger charge is 2.21. The molecule has 0 radical (unpaired) electrons. The van der Waals surface area contributed by atoms with E-state index in [0.717, 1.165) is 51.5 Å². The lowest BCUT2D eigenvalue weighted by Crippen LogP contribution is -2.13. The average Bonchev–Trinajstić information content (AvgIpc) is 3.52. The number of imidazole rings is 1. The summed E-state index contributed by atoms with van der Waals surface area (Å²) >= 11 is 1.58. The molecule has 0 saturated heterocycles. The van der Waals surface area contributed by atoms with Crippen LogP contribution in [0.5, 0.6) is 5.75 Å². The molecule has 1 N–H and O–H groups in total. The second-order valence-electron chi connectivity index (χ2n) is 9.38. The van der Waals surface area contributed by atoms with Crippen molar-refractivity contribution in [2.45, 2.75) is 59.4 Å². The van der Waals surface area contributed by atoms with Crippen LogP contribution in [0.2, 0.25) is 0 Å². The number of nitrogens with one attached hydrogen (secondary N) is 1. The molecule has 0 saturated carbocycles. The SMILES string of the molecule is CCc1cn(-c2ccc(-c3csc(Nc4cc(C(C)(C)C)nn4C(C)C)n3)cc2OC)cn1. The van der Waals surface area contributed by atoms with E-state index in [1.165, 1.54) is 0 Å². The minimum absolute atomic E-state index is 0.0178. The molecule has 7 nitrogen and oxygen atoms in total. The summed E-state index contributed by atoms with van der Waals surface area (Å²) in [5, 5.41) is 11.2. The van der Waals surface area contributed by atoms with E-state index in [1.54, 1.807) is 18.4 Å². The van der Waals surface area contributed by atoms with E-state index < -0.39 is 0 Å². The fourth-order valence-electron chi connectivity index (χ4n) is 3.55. The van der Waals surface area contributed by atoms with Crippen LogP contribution in [-0.2, 0) is 11.8 Å². The molecule has 0 spiro atoms. The fraction of sp³-hybridized carbons (Fsp3) is 0.400. The van der Waals surface area contributed by atoms with E-state index in [1.807, 2.05) is 33.9 Å². The Balaban J connectivity index is 1.61. The predicted octanol–water partition coefficient (Wildman–Crippen LogP) is 6.39. The van der Waals surface area contributed by atoms with Gasteiger partial charge in [0.2, 0.25) is 0 Å². The first-order chi connectivity index (χ1) is 15.7. The van der Waals surface area contributed by atoms with Gasteiger partial charge < -0.3 is 14.6 Å². The molecule has 0 fully saturated rings. The topological polar surface area (TPSA) is 69.8 Å². The van der Waals surface area contributed by atoms with Gasteiger partial charge in [-0.2, -0.15) is 5.10 Å². The lowest BCUT2D eigenvalue weighted by molar-refractivity contribution is 0.413. The molecule has 0 atom stereocenters. The number of benzene rings is 1. The molecule has 0 amide bonds. The summed E-state index contributed by atoms with van der Waals surface area (Å²) in [5.41, 5.74) is 4.95. The van der Waals surface area contributed by atoms with Crippen LogP contribution in [0.3, 0.4) is 0 Å². The van der Waals surface area contributed by atoms with Gasteiger partial charge in [-0.05, 0) is 32.4 Å². The zero-order valence-electron chi connectivity index (χ0n) is 20.4. The van der Waals surface area contributed by atoms with Crippen LogP contribution in [0.1, 0.15) is 59.0 Å². The van der Waals surface area contributed by atoms with Crippen molar-refractivity contribution in [3.8, 4) is 22.7 Å². The third-order valence-electron chi connectivity index (χ3n) is 5.48. The zero-order valence-corrected chi connectivity index (χ0v) is 21.2. The summed E-state index contributed by atoms with van der Waals surface area (Å²) < 4.78 is 9.70. The van der Waals surface area contributed by atoms with E-state index in [-0.39, 0.29) is 11.5 Å². The number of anilines is 2. The smallest absolute Gasteiger partial charge is 0.188 e. The summed E-state index contributed by atoms with van der Waals surface area (Å²) in [4.78, 5) is 9.26. The van der Waals surface area contributed by atoms with Crippen molar-refractivity contribution in [3.63, 3.8) is 0 Å². The minimum Gasteiger partial charge on any atom is -0.495 e. The fourth-order valence-corrected chi connectivity index (χ4v) is 4.28. The Morgan fingerprint density at radius 3 is 2.61 bits per heavy atom. The van der Waals surface area contributed by atoms with Gasteiger partial charge in [0.05, 0.1) is 36.2 Å². The Labute approximate surface area is 199 Å². The van der Waals surface area contributed by atoms with Gasteiger partial charge in [0.1, 0.15) is 11.6 Å². The van der Waals surface area contributed by atoms with Gasteiger partial charge in [0.15, 0.2) is 5.13 Å². The molecule has 3 heterocycles. The molecule has 1 aromatic carbocycles. The average molecular weight is 465 g/mol. The first-order valence-electron chi connectivity index (χ1n) is 11.2. The molecule has 4 aromatic rings. The number of aryl methyl sites for hydroxylation is 1. The normalized spacial score (nSPS) is 11.9. The van der Waals surface area contributed by atoms with Crippen molar-refractivity contribution in [2.24, 2.45) is 0 Å². The van der Waals surface area contributed by atoms with Crippen LogP contribution >= 0.6 is 11.3 Å². The van der Waals surface area contributed by atoms with E-state index in [2.05, 4.69) is 69.4 Å². The summed E-state index contributed by atoms with van der Waals surface area (Å²) in [6.45, 7) is 12.9. The lowest BCUT2D eigenvalue weighted by atomic mass is 9.92. The summed E-state index contributed by atoms with van der Waals surface area (Å²) in [7, 11) is 1.69. The Hall–Kier alpha value is -3.13. The quantitative estimate of drug-likeness (QED) is 0.343. The van der Waals surface area contributed by atoms with Crippen molar-refractivity contribution < 1.29 is 4.74 Å². The van der Waals surface area contributed by atoms with E-state index >= 15 is 0 Å². The first kappa shape index (κ1) is 23.0. The van der Waals surface area contributed by atoms with Gasteiger partial charge in [-0.25, -0.2) is 14.6 Å². The van der Waals surface area contributed by atoms with Crippen molar-refractivity contribution in [1.82, 2.24) is 24.3 Å². The highest BCUT2D eigenvalue weighted by atomic mass is 32.1. The van der Waals surface area contributed by atoms with Crippen LogP contribution in [-0.4, -0.2) is 31.4 Å². The Bertz CT molecular complexity index is 1240. The summed E-state index contributed by atoms with van der Waals surface area (Å²) in [6.07, 6.45) is 4.76. The van der Waals surface area contributed by atoms with Crippen LogP contribution in [0.15, 0.2) is 42.2 Å². The first-order valence-corrected chi connectivity index (χ1v) is 12.1. The molecule has 8 heteroatoms. The van der Waals surface area contributed by atoms with Crippen molar-refractivity contribution in [1.29, 1.82) is 0 Å². The molecule has 0 unspecified atom stereocenters. The van der Waals surface area contributed by atoms with Gasteiger partial charge in [0, 0.05) is 34.7 Å². The number of ether oxygens (including phenoxy) is 1. The Kier molecular flexibility index (Phi) is 6.30. The largest absolute Gasteiger partial charge is 0.495 e. The van der Waals surface area contributed by atoms with Crippen molar-refractivity contribution in [3.05, 3.63) is 53.6 Å². The number of thiazole rings is 1. The van der Waals surface area contributed by atoms with Gasteiger partial charge in [-0.3, -0.25) is 0 Å². The molecule has 0 aliphatic carbocycles. The molecule has 33 heavy (non-hydrogen) atoms. The third kappa shape index (κ3) is 4.80. The van der Waals surface area contributed by atoms with E-state index in [4.69, 9.17) is 14.8 Å². The molecule has 0 bridgehead atoms. The highest BCUT2D eigenvalue weighted by Crippen LogP contribution is 2.33. The van der Waals surface area contributed by atoms with Crippen LogP contribution in [0.4, 0.5) is 10.9 Å². The zero-order chi connectivity index (χ0) is 23.8. The van der Waals surface area contributed by atoms with Gasteiger partial charge in [0.25, 0.3) is 0 Å². The highest BCUT2D eigenvalue weighted by molar-refractivity contribution is 7.14. The molecule has 4 rings (SSSR count). The Morgan fingerprint density at radius 2 is 1.97 bits per heavy atom. The minimum atomic E-state index is -0.0178.